The van der Waals surface area contributed by atoms with Crippen LogP contribution in [0.2, 0.25) is 0 Å². The van der Waals surface area contributed by atoms with Crippen LogP contribution < -0.4 is 0 Å². The standard InChI is InChI=1S/C11H14BrN/c1-3-4-5-6-10-8-13-11(12)7-9(10)2/h5-8H,3-4H2,1-2H3/b6-5-. The van der Waals surface area contributed by atoms with Crippen molar-refractivity contribution >= 4 is 22.0 Å². The molecular formula is C11H14BrN. The zero-order chi connectivity index (χ0) is 9.68. The average Bonchev–Trinajstić information content (AvgIpc) is 2.09. The molecule has 0 aromatic carbocycles. The summed E-state index contributed by atoms with van der Waals surface area (Å²) in [6.07, 6.45) is 8.55. The summed E-state index contributed by atoms with van der Waals surface area (Å²) in [4.78, 5) is 4.18. The molecule has 0 amide bonds. The van der Waals surface area contributed by atoms with Gasteiger partial charge < -0.3 is 0 Å². The average molecular weight is 240 g/mol. The van der Waals surface area contributed by atoms with E-state index in [9.17, 15) is 0 Å². The van der Waals surface area contributed by atoms with Crippen LogP contribution in [0.5, 0.6) is 0 Å². The first-order valence-corrected chi connectivity index (χ1v) is 5.32. The van der Waals surface area contributed by atoms with Gasteiger partial charge in [-0.25, -0.2) is 4.98 Å². The monoisotopic (exact) mass is 239 g/mol. The van der Waals surface area contributed by atoms with Gasteiger partial charge in [0, 0.05) is 6.20 Å². The number of hydrogen-bond acceptors (Lipinski definition) is 1. The van der Waals surface area contributed by atoms with Crippen molar-refractivity contribution in [1.82, 2.24) is 4.98 Å². The van der Waals surface area contributed by atoms with E-state index >= 15 is 0 Å². The normalized spacial score (nSPS) is 11.0. The van der Waals surface area contributed by atoms with Gasteiger partial charge >= 0.3 is 0 Å². The van der Waals surface area contributed by atoms with Crippen molar-refractivity contribution in [3.8, 4) is 0 Å². The van der Waals surface area contributed by atoms with Gasteiger partial charge in [-0.1, -0.05) is 25.5 Å². The third kappa shape index (κ3) is 3.31. The SMILES string of the molecule is CCC/C=C\c1cnc(Br)cc1C. The van der Waals surface area contributed by atoms with Crippen LogP contribution in [0.1, 0.15) is 30.9 Å². The number of rotatable bonds is 3. The smallest absolute Gasteiger partial charge is 0.106 e. The summed E-state index contributed by atoms with van der Waals surface area (Å²) in [5.41, 5.74) is 2.46. The van der Waals surface area contributed by atoms with Crippen LogP contribution in [0, 0.1) is 6.92 Å². The Morgan fingerprint density at radius 3 is 2.92 bits per heavy atom. The molecule has 13 heavy (non-hydrogen) atoms. The lowest BCUT2D eigenvalue weighted by atomic mass is 10.1. The van der Waals surface area contributed by atoms with E-state index < -0.39 is 0 Å². The molecule has 0 saturated heterocycles. The third-order valence-corrected chi connectivity index (χ3v) is 2.30. The van der Waals surface area contributed by atoms with E-state index in [2.05, 4.69) is 46.9 Å². The van der Waals surface area contributed by atoms with Crippen molar-refractivity contribution in [2.24, 2.45) is 0 Å². The van der Waals surface area contributed by atoms with Crippen molar-refractivity contribution in [2.75, 3.05) is 0 Å². The van der Waals surface area contributed by atoms with Crippen LogP contribution in [-0.2, 0) is 0 Å². The zero-order valence-electron chi connectivity index (χ0n) is 8.05. The molecule has 0 N–H and O–H groups in total. The molecule has 0 bridgehead atoms. The summed E-state index contributed by atoms with van der Waals surface area (Å²) < 4.78 is 0.901. The van der Waals surface area contributed by atoms with Gasteiger partial charge in [0.2, 0.25) is 0 Å². The second kappa shape index (κ2) is 5.18. The van der Waals surface area contributed by atoms with Gasteiger partial charge in [-0.3, -0.25) is 0 Å². The van der Waals surface area contributed by atoms with Gasteiger partial charge in [-0.05, 0) is 46.5 Å². The molecule has 70 valence electrons. The minimum Gasteiger partial charge on any atom is -0.249 e. The molecule has 0 aliphatic rings. The fraction of sp³-hybridized carbons (Fsp3) is 0.364. The highest BCUT2D eigenvalue weighted by atomic mass is 79.9. The molecule has 1 aromatic rings. The first-order chi connectivity index (χ1) is 6.24. The highest BCUT2D eigenvalue weighted by Gasteiger charge is 1.94. The number of pyridine rings is 1. The molecular weight excluding hydrogens is 226 g/mol. The third-order valence-electron chi connectivity index (χ3n) is 1.87. The molecule has 2 heteroatoms. The van der Waals surface area contributed by atoms with E-state index in [1.807, 2.05) is 12.3 Å². The number of unbranched alkanes of at least 4 members (excludes halogenated alkanes) is 1. The maximum Gasteiger partial charge on any atom is 0.106 e. The predicted octanol–water partition coefficient (Wildman–Crippen LogP) is 3.97. The lowest BCUT2D eigenvalue weighted by Crippen LogP contribution is -1.83. The van der Waals surface area contributed by atoms with Crippen LogP contribution >= 0.6 is 15.9 Å². The maximum absolute atomic E-state index is 4.18. The molecule has 0 aliphatic heterocycles. The summed E-state index contributed by atoms with van der Waals surface area (Å²) in [7, 11) is 0. The van der Waals surface area contributed by atoms with Gasteiger partial charge in [0.05, 0.1) is 0 Å². The number of allylic oxidation sites excluding steroid dienone is 1. The molecule has 0 atom stereocenters. The van der Waals surface area contributed by atoms with Gasteiger partial charge in [-0.2, -0.15) is 0 Å². The molecule has 0 unspecified atom stereocenters. The highest BCUT2D eigenvalue weighted by Crippen LogP contribution is 2.14. The van der Waals surface area contributed by atoms with Gasteiger partial charge in [-0.15, -0.1) is 0 Å². The summed E-state index contributed by atoms with van der Waals surface area (Å²) in [5.74, 6) is 0. The summed E-state index contributed by atoms with van der Waals surface area (Å²) in [6.45, 7) is 4.27. The van der Waals surface area contributed by atoms with Gasteiger partial charge in [0.25, 0.3) is 0 Å². The molecule has 0 spiro atoms. The van der Waals surface area contributed by atoms with E-state index in [0.717, 1.165) is 11.0 Å². The van der Waals surface area contributed by atoms with Crippen LogP contribution in [-0.4, -0.2) is 4.98 Å². The number of hydrogen-bond donors (Lipinski definition) is 0. The Bertz CT molecular complexity index is 305. The molecule has 1 rings (SSSR count). The minimum absolute atomic E-state index is 0.901. The number of halogens is 1. The Balaban J connectivity index is 2.77. The van der Waals surface area contributed by atoms with Crippen LogP contribution in [0.4, 0.5) is 0 Å². The van der Waals surface area contributed by atoms with E-state index in [-0.39, 0.29) is 0 Å². The minimum atomic E-state index is 0.901. The van der Waals surface area contributed by atoms with E-state index in [1.54, 1.807) is 0 Å². The van der Waals surface area contributed by atoms with Gasteiger partial charge in [0.1, 0.15) is 4.60 Å². The largest absolute Gasteiger partial charge is 0.249 e. The molecule has 0 saturated carbocycles. The fourth-order valence-electron chi connectivity index (χ4n) is 1.08. The van der Waals surface area contributed by atoms with E-state index in [4.69, 9.17) is 0 Å². The van der Waals surface area contributed by atoms with E-state index in [1.165, 1.54) is 17.5 Å². The molecule has 1 nitrogen and oxygen atoms in total. The van der Waals surface area contributed by atoms with E-state index in [0.29, 0.717) is 0 Å². The molecule has 0 aliphatic carbocycles. The number of aryl methyl sites for hydroxylation is 1. The Morgan fingerprint density at radius 1 is 1.54 bits per heavy atom. The topological polar surface area (TPSA) is 12.9 Å². The quantitative estimate of drug-likeness (QED) is 0.728. The molecule has 0 fully saturated rings. The Kier molecular flexibility index (Phi) is 4.16. The van der Waals surface area contributed by atoms with Crippen LogP contribution in [0.25, 0.3) is 6.08 Å². The van der Waals surface area contributed by atoms with Crippen molar-refractivity contribution < 1.29 is 0 Å². The zero-order valence-corrected chi connectivity index (χ0v) is 9.63. The predicted molar refractivity (Wildman–Crippen MR) is 60.6 cm³/mol. The lowest BCUT2D eigenvalue weighted by molar-refractivity contribution is 0.962. The second-order valence-electron chi connectivity index (χ2n) is 3.05. The van der Waals surface area contributed by atoms with Crippen molar-refractivity contribution in [1.29, 1.82) is 0 Å². The summed E-state index contributed by atoms with van der Waals surface area (Å²) in [5, 5.41) is 0. The van der Waals surface area contributed by atoms with Crippen molar-refractivity contribution in [2.45, 2.75) is 26.7 Å². The first-order valence-electron chi connectivity index (χ1n) is 4.52. The Labute approximate surface area is 88.0 Å². The van der Waals surface area contributed by atoms with Crippen molar-refractivity contribution in [3.63, 3.8) is 0 Å². The summed E-state index contributed by atoms with van der Waals surface area (Å²) in [6, 6.07) is 2.03. The number of nitrogens with zero attached hydrogens (tertiary/aromatic N) is 1. The molecule has 0 radical (unpaired) electrons. The van der Waals surface area contributed by atoms with Gasteiger partial charge in [0.15, 0.2) is 0 Å². The molecule has 1 heterocycles. The van der Waals surface area contributed by atoms with Crippen molar-refractivity contribution in [3.05, 3.63) is 34.1 Å². The first kappa shape index (κ1) is 10.5. The Morgan fingerprint density at radius 2 is 2.31 bits per heavy atom. The van der Waals surface area contributed by atoms with Crippen LogP contribution in [0.3, 0.4) is 0 Å². The highest BCUT2D eigenvalue weighted by molar-refractivity contribution is 9.10. The second-order valence-corrected chi connectivity index (χ2v) is 3.87. The maximum atomic E-state index is 4.18. The molecule has 1 aromatic heterocycles. The van der Waals surface area contributed by atoms with Crippen LogP contribution in [0.15, 0.2) is 22.9 Å². The summed E-state index contributed by atoms with van der Waals surface area (Å²) >= 11 is 3.34. The number of aromatic nitrogens is 1. The lowest BCUT2D eigenvalue weighted by Gasteiger charge is -1.99. The fourth-order valence-corrected chi connectivity index (χ4v) is 1.53. The Hall–Kier alpha value is -0.630.